The van der Waals surface area contributed by atoms with Crippen LogP contribution in [0.25, 0.3) is 16.8 Å². The molecule has 0 saturated carbocycles. The Labute approximate surface area is 231 Å². The van der Waals surface area contributed by atoms with E-state index in [1.807, 2.05) is 42.5 Å². The van der Waals surface area contributed by atoms with Gasteiger partial charge < -0.3 is 14.6 Å². The molecule has 204 valence electrons. The van der Waals surface area contributed by atoms with Crippen molar-refractivity contribution >= 4 is 39.8 Å². The molecule has 40 heavy (non-hydrogen) atoms. The highest BCUT2D eigenvalue weighted by molar-refractivity contribution is 7.07. The highest BCUT2D eigenvalue weighted by atomic mass is 32.1. The Kier molecular flexibility index (Phi) is 7.22. The number of nitro groups is 1. The topological polar surface area (TPSA) is 133 Å². The lowest BCUT2D eigenvalue weighted by atomic mass is 9.91. The van der Waals surface area contributed by atoms with E-state index in [0.29, 0.717) is 16.1 Å². The van der Waals surface area contributed by atoms with Crippen LogP contribution in [0.1, 0.15) is 37.9 Å². The van der Waals surface area contributed by atoms with Gasteiger partial charge in [-0.25, -0.2) is 9.79 Å². The molecule has 1 N–H and O–H groups in total. The van der Waals surface area contributed by atoms with E-state index in [1.54, 1.807) is 20.8 Å². The average Bonchev–Trinajstić information content (AvgIpc) is 3.23. The molecule has 4 aromatic rings. The molecule has 2 heterocycles. The van der Waals surface area contributed by atoms with Crippen molar-refractivity contribution < 1.29 is 24.3 Å². The van der Waals surface area contributed by atoms with Crippen molar-refractivity contribution in [3.63, 3.8) is 0 Å². The predicted molar refractivity (Wildman–Crippen MR) is 150 cm³/mol. The largest absolute Gasteiger partial charge is 0.500 e. The first-order valence-electron chi connectivity index (χ1n) is 12.6. The molecular weight excluding hydrogens is 534 g/mol. The molecule has 0 fully saturated rings. The maximum absolute atomic E-state index is 14.0. The number of aromatic nitrogens is 1. The number of fused-ring (bicyclic) bond motifs is 2. The lowest BCUT2D eigenvalue weighted by Crippen LogP contribution is -2.40. The molecule has 1 aromatic heterocycles. The molecular formula is C29H25N3O7S. The van der Waals surface area contributed by atoms with Crippen molar-refractivity contribution in [3.05, 3.63) is 107 Å². The summed E-state index contributed by atoms with van der Waals surface area (Å²) in [5.74, 6) is -1.22. The second-order valence-electron chi connectivity index (χ2n) is 8.95. The van der Waals surface area contributed by atoms with Gasteiger partial charge >= 0.3 is 11.7 Å². The monoisotopic (exact) mass is 559 g/mol. The van der Waals surface area contributed by atoms with Gasteiger partial charge in [0.25, 0.3) is 5.56 Å². The number of carbonyl (C=O) groups is 1. The Morgan fingerprint density at radius 3 is 2.65 bits per heavy atom. The van der Waals surface area contributed by atoms with E-state index in [1.165, 1.54) is 22.8 Å². The number of hydrogen-bond donors (Lipinski definition) is 1. The Bertz CT molecular complexity index is 1880. The van der Waals surface area contributed by atoms with E-state index >= 15 is 0 Å². The Balaban J connectivity index is 1.78. The third-order valence-corrected chi connectivity index (χ3v) is 7.49. The smallest absolute Gasteiger partial charge is 0.338 e. The zero-order valence-electron chi connectivity index (χ0n) is 21.9. The first-order chi connectivity index (χ1) is 19.2. The van der Waals surface area contributed by atoms with Gasteiger partial charge in [0.15, 0.2) is 10.6 Å². The number of rotatable bonds is 7. The van der Waals surface area contributed by atoms with Crippen LogP contribution in [0.4, 0.5) is 5.69 Å². The number of ether oxygens (including phenoxy) is 2. The van der Waals surface area contributed by atoms with E-state index in [4.69, 9.17) is 9.47 Å². The average molecular weight is 560 g/mol. The summed E-state index contributed by atoms with van der Waals surface area (Å²) in [6.45, 7) is 5.44. The van der Waals surface area contributed by atoms with Gasteiger partial charge in [-0.05, 0) is 54.8 Å². The maximum Gasteiger partial charge on any atom is 0.338 e. The van der Waals surface area contributed by atoms with Crippen molar-refractivity contribution in [2.45, 2.75) is 26.8 Å². The van der Waals surface area contributed by atoms with E-state index < -0.39 is 33.9 Å². The number of carbonyl (C=O) groups excluding carboxylic acids is 1. The van der Waals surface area contributed by atoms with Crippen molar-refractivity contribution in [1.82, 2.24) is 4.57 Å². The van der Waals surface area contributed by atoms with Crippen molar-refractivity contribution in [1.29, 1.82) is 0 Å². The van der Waals surface area contributed by atoms with Crippen LogP contribution in [0.15, 0.2) is 75.7 Å². The third-order valence-electron chi connectivity index (χ3n) is 6.51. The fourth-order valence-corrected chi connectivity index (χ4v) is 5.87. The minimum atomic E-state index is -0.809. The van der Waals surface area contributed by atoms with E-state index in [2.05, 4.69) is 4.99 Å². The molecule has 1 atom stereocenters. The normalized spacial score (nSPS) is 15.1. The SMILES string of the molecule is CCOC(=O)C1=C(C)N=c2s/c(=C/c3cc(OCC)c(O)c([N+](=O)[O-])c3)c(=O)n2[C@H]1c1cccc2ccccc12. The number of thiazole rings is 1. The molecule has 10 nitrogen and oxygen atoms in total. The van der Waals surface area contributed by atoms with E-state index in [-0.39, 0.29) is 29.1 Å². The van der Waals surface area contributed by atoms with Gasteiger partial charge in [-0.3, -0.25) is 19.5 Å². The van der Waals surface area contributed by atoms with Crippen LogP contribution in [0.5, 0.6) is 11.5 Å². The summed E-state index contributed by atoms with van der Waals surface area (Å²) in [6, 6.07) is 15.2. The zero-order valence-corrected chi connectivity index (χ0v) is 22.7. The lowest BCUT2D eigenvalue weighted by Gasteiger charge is -2.25. The molecule has 3 aromatic carbocycles. The summed E-state index contributed by atoms with van der Waals surface area (Å²) < 4.78 is 12.5. The molecule has 0 bridgehead atoms. The summed E-state index contributed by atoms with van der Waals surface area (Å²) in [6.07, 6.45) is 1.49. The van der Waals surface area contributed by atoms with Crippen LogP contribution in [0.2, 0.25) is 0 Å². The van der Waals surface area contributed by atoms with Crippen LogP contribution >= 0.6 is 11.3 Å². The summed E-state index contributed by atoms with van der Waals surface area (Å²) in [5, 5.41) is 23.6. The van der Waals surface area contributed by atoms with Crippen LogP contribution in [-0.4, -0.2) is 33.8 Å². The molecule has 5 rings (SSSR count). The van der Waals surface area contributed by atoms with Gasteiger partial charge in [0, 0.05) is 6.07 Å². The fourth-order valence-electron chi connectivity index (χ4n) is 4.83. The highest BCUT2D eigenvalue weighted by Crippen LogP contribution is 2.38. The molecule has 0 unspecified atom stereocenters. The van der Waals surface area contributed by atoms with Crippen LogP contribution in [-0.2, 0) is 9.53 Å². The molecule has 0 spiro atoms. The zero-order chi connectivity index (χ0) is 28.6. The Morgan fingerprint density at radius 1 is 1.18 bits per heavy atom. The minimum Gasteiger partial charge on any atom is -0.500 e. The lowest BCUT2D eigenvalue weighted by molar-refractivity contribution is -0.386. The Morgan fingerprint density at radius 2 is 1.93 bits per heavy atom. The highest BCUT2D eigenvalue weighted by Gasteiger charge is 2.34. The molecule has 11 heteroatoms. The predicted octanol–water partition coefficient (Wildman–Crippen LogP) is 3.96. The van der Waals surface area contributed by atoms with Gasteiger partial charge in [-0.15, -0.1) is 0 Å². The van der Waals surface area contributed by atoms with Crippen LogP contribution < -0.4 is 19.6 Å². The summed E-state index contributed by atoms with van der Waals surface area (Å²) >= 11 is 1.10. The number of phenols is 1. The number of benzene rings is 3. The van der Waals surface area contributed by atoms with Crippen molar-refractivity contribution in [2.75, 3.05) is 13.2 Å². The first kappa shape index (κ1) is 26.8. The van der Waals surface area contributed by atoms with Gasteiger partial charge in [-0.1, -0.05) is 53.8 Å². The molecule has 1 aliphatic rings. The van der Waals surface area contributed by atoms with E-state index in [9.17, 15) is 24.8 Å². The number of aromatic hydroxyl groups is 1. The second-order valence-corrected chi connectivity index (χ2v) is 9.96. The molecule has 1 aliphatic heterocycles. The molecule has 0 radical (unpaired) electrons. The summed E-state index contributed by atoms with van der Waals surface area (Å²) in [5.41, 5.74) is 0.756. The molecule has 0 aliphatic carbocycles. The summed E-state index contributed by atoms with van der Waals surface area (Å²) in [4.78, 5) is 43.0. The number of phenolic OH excluding ortho intramolecular Hbond substituents is 1. The molecule has 0 amide bonds. The number of allylic oxidation sites excluding steroid dienone is 1. The number of nitrogens with zero attached hydrogens (tertiary/aromatic N) is 3. The van der Waals surface area contributed by atoms with Crippen LogP contribution in [0, 0.1) is 10.1 Å². The van der Waals surface area contributed by atoms with Crippen LogP contribution in [0.3, 0.4) is 0 Å². The van der Waals surface area contributed by atoms with Crippen molar-refractivity contribution in [2.24, 2.45) is 4.99 Å². The van der Waals surface area contributed by atoms with Gasteiger partial charge in [0.2, 0.25) is 5.75 Å². The van der Waals surface area contributed by atoms with Gasteiger partial charge in [-0.2, -0.15) is 0 Å². The number of esters is 1. The Hall–Kier alpha value is -4.77. The standard InChI is InChI=1S/C29H25N3O7S/c1-4-38-22-14-17(13-21(26(22)33)32(36)37)15-23-27(34)31-25(20-12-8-10-18-9-6-7-11-19(18)20)24(28(35)39-5-2)16(3)30-29(31)40-23/h6-15,25,33H,4-5H2,1-3H3/b23-15+/t25-/m0/s1. The molecule has 0 saturated heterocycles. The van der Waals surface area contributed by atoms with Gasteiger partial charge in [0.1, 0.15) is 0 Å². The van der Waals surface area contributed by atoms with E-state index in [0.717, 1.165) is 27.7 Å². The summed E-state index contributed by atoms with van der Waals surface area (Å²) in [7, 11) is 0. The first-order valence-corrected chi connectivity index (χ1v) is 13.4. The van der Waals surface area contributed by atoms with Crippen molar-refractivity contribution in [3.8, 4) is 11.5 Å². The minimum absolute atomic E-state index is 0.0650. The maximum atomic E-state index is 14.0. The van der Waals surface area contributed by atoms with Gasteiger partial charge in [0.05, 0.1) is 40.0 Å². The number of hydrogen-bond acceptors (Lipinski definition) is 9. The quantitative estimate of drug-likeness (QED) is 0.206. The number of nitro benzene ring substituents is 1. The third kappa shape index (κ3) is 4.64. The second kappa shape index (κ2) is 10.8. The fraction of sp³-hybridized carbons (Fsp3) is 0.207.